The lowest BCUT2D eigenvalue weighted by Crippen LogP contribution is -2.08. The number of carboxylic acids is 1. The summed E-state index contributed by atoms with van der Waals surface area (Å²) in [5, 5.41) is 8.99. The minimum Gasteiger partial charge on any atom is -0.494 e. The molecule has 0 amide bonds. The summed E-state index contributed by atoms with van der Waals surface area (Å²) in [5.74, 6) is -0.900. The lowest BCUT2D eigenvalue weighted by Gasteiger charge is -2.12. The van der Waals surface area contributed by atoms with E-state index >= 15 is 0 Å². The first-order valence-electron chi connectivity index (χ1n) is 6.50. The van der Waals surface area contributed by atoms with Crippen LogP contribution in [-0.2, 0) is 6.18 Å². The monoisotopic (exact) mass is 310 g/mol. The molecule has 0 bridgehead atoms. The highest BCUT2D eigenvalue weighted by atomic mass is 19.4. The molecule has 0 aliphatic rings. The second kappa shape index (κ2) is 6.09. The maximum atomic E-state index is 12.9. The third-order valence-electron chi connectivity index (χ3n) is 2.99. The summed E-state index contributed by atoms with van der Waals surface area (Å²) < 4.78 is 44.0. The highest BCUT2D eigenvalue weighted by Crippen LogP contribution is 2.34. The summed E-state index contributed by atoms with van der Waals surface area (Å²) in [6.45, 7) is 2.21. The van der Waals surface area contributed by atoms with Crippen molar-refractivity contribution in [2.75, 3.05) is 6.61 Å². The topological polar surface area (TPSA) is 46.5 Å². The van der Waals surface area contributed by atoms with Gasteiger partial charge in [0.15, 0.2) is 0 Å². The Bertz CT molecular complexity index is 693. The van der Waals surface area contributed by atoms with E-state index < -0.39 is 23.3 Å². The molecular formula is C16H13F3O3. The van der Waals surface area contributed by atoms with E-state index in [1.54, 1.807) is 31.2 Å². The lowest BCUT2D eigenvalue weighted by molar-refractivity contribution is -0.137. The van der Waals surface area contributed by atoms with Crippen molar-refractivity contribution in [2.24, 2.45) is 0 Å². The predicted octanol–water partition coefficient (Wildman–Crippen LogP) is 4.47. The van der Waals surface area contributed by atoms with Crippen molar-refractivity contribution < 1.29 is 27.8 Å². The summed E-state index contributed by atoms with van der Waals surface area (Å²) in [7, 11) is 0. The first kappa shape index (κ1) is 15.9. The molecule has 0 spiro atoms. The van der Waals surface area contributed by atoms with E-state index in [0.717, 1.165) is 6.07 Å². The number of rotatable bonds is 4. The van der Waals surface area contributed by atoms with Crippen molar-refractivity contribution in [1.29, 1.82) is 0 Å². The van der Waals surface area contributed by atoms with Gasteiger partial charge in [-0.15, -0.1) is 0 Å². The smallest absolute Gasteiger partial charge is 0.416 e. The fourth-order valence-corrected chi connectivity index (χ4v) is 2.01. The van der Waals surface area contributed by atoms with Crippen LogP contribution in [0.5, 0.6) is 5.75 Å². The summed E-state index contributed by atoms with van der Waals surface area (Å²) >= 11 is 0. The first-order valence-corrected chi connectivity index (χ1v) is 6.50. The average molecular weight is 310 g/mol. The normalized spacial score (nSPS) is 11.3. The molecule has 2 aromatic carbocycles. The molecule has 0 aromatic heterocycles. The van der Waals surface area contributed by atoms with E-state index in [1.807, 2.05) is 0 Å². The Kier molecular flexibility index (Phi) is 4.40. The summed E-state index contributed by atoms with van der Waals surface area (Å²) in [6, 6.07) is 9.26. The van der Waals surface area contributed by atoms with Gasteiger partial charge in [0.2, 0.25) is 0 Å². The molecule has 0 saturated carbocycles. The van der Waals surface area contributed by atoms with E-state index in [4.69, 9.17) is 9.84 Å². The Morgan fingerprint density at radius 2 is 1.86 bits per heavy atom. The van der Waals surface area contributed by atoms with Crippen LogP contribution in [0.2, 0.25) is 0 Å². The largest absolute Gasteiger partial charge is 0.494 e. The summed E-state index contributed by atoms with van der Waals surface area (Å²) in [6.07, 6.45) is -4.61. The Hall–Kier alpha value is -2.50. The molecule has 0 atom stereocenters. The van der Waals surface area contributed by atoms with E-state index in [-0.39, 0.29) is 5.56 Å². The lowest BCUT2D eigenvalue weighted by atomic mass is 9.99. The fraction of sp³-hybridized carbons (Fsp3) is 0.188. The summed E-state index contributed by atoms with van der Waals surface area (Å²) in [5.41, 5.74) is -0.774. The molecule has 1 N–H and O–H groups in total. The number of ether oxygens (including phenoxy) is 1. The van der Waals surface area contributed by atoms with Gasteiger partial charge in [0.1, 0.15) is 5.75 Å². The van der Waals surface area contributed by atoms with E-state index in [2.05, 4.69) is 0 Å². The number of hydrogen-bond acceptors (Lipinski definition) is 2. The Morgan fingerprint density at radius 3 is 2.45 bits per heavy atom. The second-order valence-corrected chi connectivity index (χ2v) is 4.56. The molecule has 3 nitrogen and oxygen atoms in total. The zero-order chi connectivity index (χ0) is 16.3. The standard InChI is InChI=1S/C16H13F3O3/c1-2-22-14-5-3-4-10(9-14)11-6-12(15(20)21)8-13(7-11)16(17,18)19/h3-9H,2H2,1H3,(H,20,21). The molecule has 22 heavy (non-hydrogen) atoms. The van der Waals surface area contributed by atoms with Crippen molar-refractivity contribution in [3.8, 4) is 16.9 Å². The van der Waals surface area contributed by atoms with Crippen molar-refractivity contribution in [3.63, 3.8) is 0 Å². The van der Waals surface area contributed by atoms with Crippen LogP contribution in [0.15, 0.2) is 42.5 Å². The molecular weight excluding hydrogens is 297 g/mol. The van der Waals surface area contributed by atoms with Gasteiger partial charge in [0.05, 0.1) is 17.7 Å². The molecule has 0 heterocycles. The van der Waals surface area contributed by atoms with Crippen LogP contribution in [0.4, 0.5) is 13.2 Å². The third-order valence-corrected chi connectivity index (χ3v) is 2.99. The van der Waals surface area contributed by atoms with Crippen LogP contribution < -0.4 is 4.74 Å². The molecule has 2 rings (SSSR count). The molecule has 0 fully saturated rings. The van der Waals surface area contributed by atoms with Crippen LogP contribution in [0, 0.1) is 0 Å². The van der Waals surface area contributed by atoms with Gasteiger partial charge in [-0.2, -0.15) is 13.2 Å². The number of alkyl halides is 3. The second-order valence-electron chi connectivity index (χ2n) is 4.56. The van der Waals surface area contributed by atoms with Crippen LogP contribution >= 0.6 is 0 Å². The molecule has 0 aliphatic carbocycles. The zero-order valence-corrected chi connectivity index (χ0v) is 11.6. The molecule has 0 radical (unpaired) electrons. The van der Waals surface area contributed by atoms with Crippen molar-refractivity contribution >= 4 is 5.97 Å². The Balaban J connectivity index is 2.56. The van der Waals surface area contributed by atoms with Gasteiger partial charge in [-0.1, -0.05) is 12.1 Å². The van der Waals surface area contributed by atoms with Gasteiger partial charge in [0, 0.05) is 0 Å². The number of hydrogen-bond donors (Lipinski definition) is 1. The zero-order valence-electron chi connectivity index (χ0n) is 11.6. The fourth-order valence-electron chi connectivity index (χ4n) is 2.01. The number of carbonyl (C=O) groups is 1. The van der Waals surface area contributed by atoms with Gasteiger partial charge in [-0.05, 0) is 48.4 Å². The summed E-state index contributed by atoms with van der Waals surface area (Å²) in [4.78, 5) is 11.0. The highest BCUT2D eigenvalue weighted by Gasteiger charge is 2.32. The number of benzene rings is 2. The molecule has 0 saturated heterocycles. The average Bonchev–Trinajstić information content (AvgIpc) is 2.46. The molecule has 0 aliphatic heterocycles. The van der Waals surface area contributed by atoms with Crippen LogP contribution in [0.1, 0.15) is 22.8 Å². The Morgan fingerprint density at radius 1 is 1.14 bits per heavy atom. The number of halogens is 3. The van der Waals surface area contributed by atoms with Gasteiger partial charge in [-0.25, -0.2) is 4.79 Å². The first-order chi connectivity index (χ1) is 10.3. The highest BCUT2D eigenvalue weighted by molar-refractivity contribution is 5.90. The SMILES string of the molecule is CCOc1cccc(-c2cc(C(=O)O)cc(C(F)(F)F)c2)c1. The van der Waals surface area contributed by atoms with Crippen LogP contribution in [0.3, 0.4) is 0 Å². The minimum atomic E-state index is -4.61. The molecule has 2 aromatic rings. The minimum absolute atomic E-state index is 0.175. The van der Waals surface area contributed by atoms with Gasteiger partial charge < -0.3 is 9.84 Å². The van der Waals surface area contributed by atoms with Gasteiger partial charge in [-0.3, -0.25) is 0 Å². The Labute approximate surface area is 125 Å². The van der Waals surface area contributed by atoms with Crippen molar-refractivity contribution in [3.05, 3.63) is 53.6 Å². The predicted molar refractivity (Wildman–Crippen MR) is 75.0 cm³/mol. The molecule has 6 heteroatoms. The maximum absolute atomic E-state index is 12.9. The molecule has 116 valence electrons. The van der Waals surface area contributed by atoms with Crippen LogP contribution in [-0.4, -0.2) is 17.7 Å². The van der Waals surface area contributed by atoms with E-state index in [0.29, 0.717) is 24.0 Å². The van der Waals surface area contributed by atoms with E-state index in [9.17, 15) is 18.0 Å². The third kappa shape index (κ3) is 3.58. The van der Waals surface area contributed by atoms with E-state index in [1.165, 1.54) is 6.07 Å². The quantitative estimate of drug-likeness (QED) is 0.906. The number of aromatic carboxylic acids is 1. The van der Waals surface area contributed by atoms with Crippen LogP contribution in [0.25, 0.3) is 11.1 Å². The van der Waals surface area contributed by atoms with Gasteiger partial charge >= 0.3 is 12.1 Å². The number of carboxylic acid groups (broad SMARTS) is 1. The van der Waals surface area contributed by atoms with Crippen molar-refractivity contribution in [2.45, 2.75) is 13.1 Å². The van der Waals surface area contributed by atoms with Crippen molar-refractivity contribution in [1.82, 2.24) is 0 Å². The maximum Gasteiger partial charge on any atom is 0.416 e. The van der Waals surface area contributed by atoms with Gasteiger partial charge in [0.25, 0.3) is 0 Å². The molecule has 0 unspecified atom stereocenters.